The molecule has 2 rings (SSSR count). The molecule has 1 saturated heterocycles. The van der Waals surface area contributed by atoms with E-state index in [-0.39, 0.29) is 18.5 Å². The van der Waals surface area contributed by atoms with Crippen LogP contribution in [0, 0.1) is 0 Å². The van der Waals surface area contributed by atoms with Crippen LogP contribution in [-0.2, 0) is 10.9 Å². The topological polar surface area (TPSA) is 64.8 Å². The van der Waals surface area contributed by atoms with Crippen LogP contribution in [0.5, 0.6) is 5.75 Å². The minimum absolute atomic E-state index is 0.182. The van der Waals surface area contributed by atoms with Crippen LogP contribution in [0.25, 0.3) is 0 Å². The Morgan fingerprint density at radius 3 is 2.87 bits per heavy atom. The van der Waals surface area contributed by atoms with E-state index in [1.807, 2.05) is 4.90 Å². The molecule has 23 heavy (non-hydrogen) atoms. The highest BCUT2D eigenvalue weighted by molar-refractivity contribution is 5.64. The molecule has 1 aliphatic heterocycles. The van der Waals surface area contributed by atoms with Gasteiger partial charge in [-0.3, -0.25) is 4.90 Å². The number of likely N-dealkylation sites (tertiary alicyclic amines) is 1. The van der Waals surface area contributed by atoms with Gasteiger partial charge >= 0.3 is 12.3 Å². The second-order valence-electron chi connectivity index (χ2n) is 5.38. The Morgan fingerprint density at radius 2 is 2.17 bits per heavy atom. The zero-order valence-electron chi connectivity index (χ0n) is 12.5. The predicted molar refractivity (Wildman–Crippen MR) is 77.1 cm³/mol. The maximum atomic E-state index is 12.6. The molecule has 1 aromatic rings. The van der Waals surface area contributed by atoms with Gasteiger partial charge in [0.2, 0.25) is 0 Å². The number of carbonyl (C=O) groups excluding carboxylic acids is 1. The van der Waals surface area contributed by atoms with Crippen molar-refractivity contribution in [1.29, 1.82) is 0 Å². The first-order valence-electron chi connectivity index (χ1n) is 7.33. The van der Waals surface area contributed by atoms with Gasteiger partial charge in [0.05, 0.1) is 5.56 Å². The molecule has 0 aromatic heterocycles. The van der Waals surface area contributed by atoms with E-state index in [9.17, 15) is 18.0 Å². The number of carbonyl (C=O) groups is 1. The molecule has 1 fully saturated rings. The first kappa shape index (κ1) is 17.4. The summed E-state index contributed by atoms with van der Waals surface area (Å²) in [6.07, 6.45) is -3.80. The van der Waals surface area contributed by atoms with Crippen molar-refractivity contribution in [2.75, 3.05) is 26.2 Å². The highest BCUT2D eigenvalue weighted by Gasteiger charge is 2.30. The van der Waals surface area contributed by atoms with Gasteiger partial charge in [-0.1, -0.05) is 6.07 Å². The highest BCUT2D eigenvalue weighted by atomic mass is 19.4. The average molecular weight is 332 g/mol. The van der Waals surface area contributed by atoms with E-state index in [0.29, 0.717) is 13.1 Å². The summed E-state index contributed by atoms with van der Waals surface area (Å²) in [6.45, 7) is 2.17. The van der Waals surface area contributed by atoms with Crippen molar-refractivity contribution in [3.05, 3.63) is 29.8 Å². The Hall–Kier alpha value is -1.96. The van der Waals surface area contributed by atoms with Gasteiger partial charge in [0, 0.05) is 13.1 Å². The number of halogens is 3. The lowest BCUT2D eigenvalue weighted by molar-refractivity contribution is -0.137. The van der Waals surface area contributed by atoms with E-state index in [2.05, 4.69) is 0 Å². The molecule has 1 aromatic carbocycles. The summed E-state index contributed by atoms with van der Waals surface area (Å²) in [5.41, 5.74) is 4.26. The number of alkyl halides is 3. The minimum Gasteiger partial charge on any atom is -0.492 e. The lowest BCUT2D eigenvalue weighted by Gasteiger charge is -2.31. The second kappa shape index (κ2) is 7.54. The monoisotopic (exact) mass is 332 g/mol. The van der Waals surface area contributed by atoms with Gasteiger partial charge < -0.3 is 15.2 Å². The molecule has 0 aliphatic carbocycles. The van der Waals surface area contributed by atoms with Crippen molar-refractivity contribution in [2.24, 2.45) is 5.73 Å². The van der Waals surface area contributed by atoms with Gasteiger partial charge in [0.1, 0.15) is 18.5 Å². The third-order valence-electron chi connectivity index (χ3n) is 3.58. The molecule has 1 unspecified atom stereocenters. The van der Waals surface area contributed by atoms with Crippen LogP contribution in [0.4, 0.5) is 18.0 Å². The first-order chi connectivity index (χ1) is 10.8. The molecule has 1 heterocycles. The number of amides is 1. The number of primary amides is 1. The summed E-state index contributed by atoms with van der Waals surface area (Å²) in [5, 5.41) is 0. The molecule has 0 spiro atoms. The minimum atomic E-state index is -4.38. The number of hydrogen-bond donors (Lipinski definition) is 1. The van der Waals surface area contributed by atoms with E-state index in [0.717, 1.165) is 31.5 Å². The maximum Gasteiger partial charge on any atom is 0.416 e. The summed E-state index contributed by atoms with van der Waals surface area (Å²) >= 11 is 0. The standard InChI is InChI=1S/C15H19F3N2O3/c16-15(17,18)11-3-1-4-12(9-11)22-8-7-20-6-2-5-13(10-20)23-14(19)21/h1,3-4,9,13H,2,5-8,10H2,(H2,19,21). The molecular formula is C15H19F3N2O3. The number of piperidine rings is 1. The first-order valence-corrected chi connectivity index (χ1v) is 7.33. The number of nitrogens with zero attached hydrogens (tertiary/aromatic N) is 1. The number of rotatable bonds is 5. The predicted octanol–water partition coefficient (Wildman–Crippen LogP) is 2.64. The third-order valence-corrected chi connectivity index (χ3v) is 3.58. The quantitative estimate of drug-likeness (QED) is 0.900. The molecule has 2 N–H and O–H groups in total. The molecule has 1 amide bonds. The Labute approximate surface area is 132 Å². The maximum absolute atomic E-state index is 12.6. The van der Waals surface area contributed by atoms with E-state index < -0.39 is 17.8 Å². The van der Waals surface area contributed by atoms with Crippen molar-refractivity contribution >= 4 is 6.09 Å². The van der Waals surface area contributed by atoms with Crippen LogP contribution in [-0.4, -0.2) is 43.3 Å². The van der Waals surface area contributed by atoms with E-state index in [1.54, 1.807) is 0 Å². The summed E-state index contributed by atoms with van der Waals surface area (Å²) in [7, 11) is 0. The number of hydrogen-bond acceptors (Lipinski definition) is 4. The Balaban J connectivity index is 1.79. The normalized spacial score (nSPS) is 19.3. The van der Waals surface area contributed by atoms with Gasteiger partial charge in [-0.2, -0.15) is 13.2 Å². The molecule has 5 nitrogen and oxygen atoms in total. The van der Waals surface area contributed by atoms with Gasteiger partial charge in [-0.15, -0.1) is 0 Å². The molecule has 128 valence electrons. The van der Waals surface area contributed by atoms with E-state index in [4.69, 9.17) is 15.2 Å². The zero-order chi connectivity index (χ0) is 16.9. The van der Waals surface area contributed by atoms with Crippen molar-refractivity contribution < 1.29 is 27.4 Å². The van der Waals surface area contributed by atoms with Crippen LogP contribution in [0.2, 0.25) is 0 Å². The van der Waals surface area contributed by atoms with Crippen LogP contribution < -0.4 is 10.5 Å². The fourth-order valence-electron chi connectivity index (χ4n) is 2.53. The van der Waals surface area contributed by atoms with Crippen molar-refractivity contribution in [1.82, 2.24) is 4.90 Å². The van der Waals surface area contributed by atoms with Crippen molar-refractivity contribution in [3.63, 3.8) is 0 Å². The van der Waals surface area contributed by atoms with E-state index >= 15 is 0 Å². The molecular weight excluding hydrogens is 313 g/mol. The molecule has 8 heteroatoms. The van der Waals surface area contributed by atoms with Crippen LogP contribution >= 0.6 is 0 Å². The summed E-state index contributed by atoms with van der Waals surface area (Å²) < 4.78 is 48.2. The molecule has 0 saturated carbocycles. The smallest absolute Gasteiger partial charge is 0.416 e. The Bertz CT molecular complexity index is 537. The average Bonchev–Trinajstić information content (AvgIpc) is 2.46. The van der Waals surface area contributed by atoms with Crippen LogP contribution in [0.15, 0.2) is 24.3 Å². The largest absolute Gasteiger partial charge is 0.492 e. The SMILES string of the molecule is NC(=O)OC1CCCN(CCOc2cccc(C(F)(F)F)c2)C1. The van der Waals surface area contributed by atoms with Gasteiger partial charge in [0.15, 0.2) is 0 Å². The van der Waals surface area contributed by atoms with Gasteiger partial charge in [-0.25, -0.2) is 4.79 Å². The van der Waals surface area contributed by atoms with Crippen molar-refractivity contribution in [2.45, 2.75) is 25.1 Å². The summed E-state index contributed by atoms with van der Waals surface area (Å²) in [4.78, 5) is 12.8. The summed E-state index contributed by atoms with van der Waals surface area (Å²) in [6, 6.07) is 4.79. The van der Waals surface area contributed by atoms with Gasteiger partial charge in [0.25, 0.3) is 0 Å². The van der Waals surface area contributed by atoms with Gasteiger partial charge in [-0.05, 0) is 37.6 Å². The Morgan fingerprint density at radius 1 is 1.39 bits per heavy atom. The van der Waals surface area contributed by atoms with Crippen LogP contribution in [0.3, 0.4) is 0 Å². The Kier molecular flexibility index (Phi) is 5.70. The third kappa shape index (κ3) is 5.63. The lowest BCUT2D eigenvalue weighted by Crippen LogP contribution is -2.42. The number of ether oxygens (including phenoxy) is 2. The fraction of sp³-hybridized carbons (Fsp3) is 0.533. The molecule has 1 aliphatic rings. The van der Waals surface area contributed by atoms with E-state index in [1.165, 1.54) is 12.1 Å². The molecule has 1 atom stereocenters. The number of nitrogens with two attached hydrogens (primary N) is 1. The lowest BCUT2D eigenvalue weighted by atomic mass is 10.1. The molecule has 0 bridgehead atoms. The van der Waals surface area contributed by atoms with Crippen LogP contribution in [0.1, 0.15) is 18.4 Å². The molecule has 0 radical (unpaired) electrons. The second-order valence-corrected chi connectivity index (χ2v) is 5.38. The van der Waals surface area contributed by atoms with Crippen molar-refractivity contribution in [3.8, 4) is 5.75 Å². The zero-order valence-corrected chi connectivity index (χ0v) is 12.5. The highest BCUT2D eigenvalue weighted by Crippen LogP contribution is 2.31. The summed E-state index contributed by atoms with van der Waals surface area (Å²) in [5.74, 6) is 0.182. The fourth-order valence-corrected chi connectivity index (χ4v) is 2.53. The number of benzene rings is 1.